The molecule has 0 radical (unpaired) electrons. The number of alkyl halides is 1. The summed E-state index contributed by atoms with van der Waals surface area (Å²) in [4.78, 5) is 0. The van der Waals surface area contributed by atoms with E-state index in [-0.39, 0.29) is 5.82 Å². The summed E-state index contributed by atoms with van der Waals surface area (Å²) in [5.74, 6) is -0.134. The van der Waals surface area contributed by atoms with Crippen LogP contribution in [0.15, 0.2) is 18.2 Å². The fourth-order valence-corrected chi connectivity index (χ4v) is 3.29. The van der Waals surface area contributed by atoms with Crippen molar-refractivity contribution in [2.75, 3.05) is 5.33 Å². The molecule has 0 aliphatic heterocycles. The topological polar surface area (TPSA) is 0 Å². The Morgan fingerprint density at radius 1 is 1.28 bits per heavy atom. The van der Waals surface area contributed by atoms with Crippen LogP contribution in [0, 0.1) is 18.2 Å². The minimum atomic E-state index is -0.134. The third-order valence-electron chi connectivity index (χ3n) is 3.96. The molecule has 1 unspecified atom stereocenters. The van der Waals surface area contributed by atoms with Crippen LogP contribution >= 0.6 is 15.9 Å². The number of rotatable bonds is 7. The Hall–Kier alpha value is -0.370. The first kappa shape index (κ1) is 15.7. The van der Waals surface area contributed by atoms with Gasteiger partial charge in [0.1, 0.15) is 5.82 Å². The summed E-state index contributed by atoms with van der Waals surface area (Å²) in [6, 6.07) is 5.17. The van der Waals surface area contributed by atoms with Crippen molar-refractivity contribution >= 4 is 15.9 Å². The highest BCUT2D eigenvalue weighted by Gasteiger charge is 2.27. The van der Waals surface area contributed by atoms with Gasteiger partial charge in [-0.25, -0.2) is 4.39 Å². The van der Waals surface area contributed by atoms with Crippen molar-refractivity contribution in [1.29, 1.82) is 0 Å². The van der Waals surface area contributed by atoms with Crippen molar-refractivity contribution in [1.82, 2.24) is 0 Å². The average Bonchev–Trinajstić information content (AvgIpc) is 2.37. The first-order valence-corrected chi connectivity index (χ1v) is 8.00. The van der Waals surface area contributed by atoms with Crippen LogP contribution in [0.3, 0.4) is 0 Å². The van der Waals surface area contributed by atoms with Gasteiger partial charge in [-0.2, -0.15) is 0 Å². The molecule has 0 N–H and O–H groups in total. The highest BCUT2D eigenvalue weighted by molar-refractivity contribution is 9.09. The van der Waals surface area contributed by atoms with Crippen LogP contribution in [0.1, 0.15) is 50.7 Å². The molecule has 1 atom stereocenters. The van der Waals surface area contributed by atoms with E-state index in [2.05, 4.69) is 29.8 Å². The van der Waals surface area contributed by atoms with Gasteiger partial charge in [0, 0.05) is 5.33 Å². The Morgan fingerprint density at radius 3 is 2.50 bits per heavy atom. The lowest BCUT2D eigenvalue weighted by atomic mass is 9.76. The Bertz CT molecular complexity index is 369. The standard InChI is InChI=1S/C16H24BrF/c1-4-6-9-16(5-2,12-17)11-14-7-8-15(18)10-13(14)3/h7-8,10H,4-6,9,11-12H2,1-3H3. The van der Waals surface area contributed by atoms with Crippen LogP contribution in [-0.4, -0.2) is 5.33 Å². The molecule has 0 fully saturated rings. The highest BCUT2D eigenvalue weighted by atomic mass is 79.9. The van der Waals surface area contributed by atoms with Crippen molar-refractivity contribution in [3.63, 3.8) is 0 Å². The fourth-order valence-electron chi connectivity index (χ4n) is 2.41. The van der Waals surface area contributed by atoms with Crippen molar-refractivity contribution in [3.8, 4) is 0 Å². The van der Waals surface area contributed by atoms with Crippen molar-refractivity contribution in [3.05, 3.63) is 35.1 Å². The van der Waals surface area contributed by atoms with E-state index in [1.54, 1.807) is 12.1 Å². The lowest BCUT2D eigenvalue weighted by Gasteiger charge is -2.31. The van der Waals surface area contributed by atoms with E-state index in [9.17, 15) is 4.39 Å². The van der Waals surface area contributed by atoms with Gasteiger partial charge in [0.15, 0.2) is 0 Å². The molecule has 0 aromatic heterocycles. The summed E-state index contributed by atoms with van der Waals surface area (Å²) < 4.78 is 13.1. The van der Waals surface area contributed by atoms with E-state index in [1.807, 2.05) is 13.0 Å². The zero-order valence-corrected chi connectivity index (χ0v) is 13.3. The number of aryl methyl sites for hydroxylation is 1. The van der Waals surface area contributed by atoms with Gasteiger partial charge in [-0.05, 0) is 54.9 Å². The van der Waals surface area contributed by atoms with E-state index >= 15 is 0 Å². The molecule has 1 rings (SSSR count). The van der Waals surface area contributed by atoms with Crippen LogP contribution < -0.4 is 0 Å². The normalized spacial score (nSPS) is 14.5. The van der Waals surface area contributed by atoms with E-state index in [0.717, 1.165) is 23.7 Å². The zero-order valence-electron chi connectivity index (χ0n) is 11.7. The first-order valence-electron chi connectivity index (χ1n) is 6.88. The van der Waals surface area contributed by atoms with Crippen molar-refractivity contribution < 1.29 is 4.39 Å². The number of hydrogen-bond acceptors (Lipinski definition) is 0. The molecule has 0 aliphatic rings. The maximum absolute atomic E-state index is 13.1. The predicted molar refractivity (Wildman–Crippen MR) is 80.9 cm³/mol. The van der Waals surface area contributed by atoms with Gasteiger partial charge in [-0.1, -0.05) is 48.7 Å². The average molecular weight is 315 g/mol. The van der Waals surface area contributed by atoms with E-state index in [0.29, 0.717) is 5.41 Å². The highest BCUT2D eigenvalue weighted by Crippen LogP contribution is 2.35. The maximum Gasteiger partial charge on any atom is 0.123 e. The lowest BCUT2D eigenvalue weighted by molar-refractivity contribution is 0.283. The zero-order chi connectivity index (χ0) is 13.6. The van der Waals surface area contributed by atoms with Gasteiger partial charge in [0.05, 0.1) is 0 Å². The van der Waals surface area contributed by atoms with Crippen molar-refractivity contribution in [2.24, 2.45) is 5.41 Å². The molecule has 0 spiro atoms. The fraction of sp³-hybridized carbons (Fsp3) is 0.625. The van der Waals surface area contributed by atoms with Gasteiger partial charge in [-0.3, -0.25) is 0 Å². The SMILES string of the molecule is CCCCC(CC)(CBr)Cc1ccc(F)cc1C. The Labute approximate surface area is 119 Å². The Balaban J connectivity index is 2.88. The Morgan fingerprint density at radius 2 is 2.00 bits per heavy atom. The number of hydrogen-bond donors (Lipinski definition) is 0. The summed E-state index contributed by atoms with van der Waals surface area (Å²) in [5, 5.41) is 1.02. The summed E-state index contributed by atoms with van der Waals surface area (Å²) in [6.45, 7) is 6.50. The molecule has 0 aliphatic carbocycles. The smallest absolute Gasteiger partial charge is 0.123 e. The third-order valence-corrected chi connectivity index (χ3v) is 5.15. The summed E-state index contributed by atoms with van der Waals surface area (Å²) in [7, 11) is 0. The Kier molecular flexibility index (Phi) is 6.34. The molecule has 1 aromatic carbocycles. The lowest BCUT2D eigenvalue weighted by Crippen LogP contribution is -2.25. The monoisotopic (exact) mass is 314 g/mol. The van der Waals surface area contributed by atoms with Crippen LogP contribution in [-0.2, 0) is 6.42 Å². The van der Waals surface area contributed by atoms with Crippen LogP contribution in [0.5, 0.6) is 0 Å². The molecule has 0 nitrogen and oxygen atoms in total. The molecule has 0 heterocycles. The first-order chi connectivity index (χ1) is 8.56. The van der Waals surface area contributed by atoms with Gasteiger partial charge in [0.25, 0.3) is 0 Å². The maximum atomic E-state index is 13.1. The second kappa shape index (κ2) is 7.28. The third kappa shape index (κ3) is 4.08. The summed E-state index contributed by atoms with van der Waals surface area (Å²) in [6.07, 6.45) is 5.94. The molecule has 0 saturated heterocycles. The predicted octanol–water partition coefficient (Wildman–Crippen LogP) is 5.66. The molecule has 0 bridgehead atoms. The van der Waals surface area contributed by atoms with Gasteiger partial charge in [0.2, 0.25) is 0 Å². The number of halogens is 2. The molecule has 0 saturated carbocycles. The number of benzene rings is 1. The molecule has 1 aromatic rings. The molecular formula is C16H24BrF. The molecule has 2 heteroatoms. The largest absolute Gasteiger partial charge is 0.207 e. The molecular weight excluding hydrogens is 291 g/mol. The van der Waals surface area contributed by atoms with E-state index < -0.39 is 0 Å². The van der Waals surface area contributed by atoms with E-state index in [4.69, 9.17) is 0 Å². The summed E-state index contributed by atoms with van der Waals surface area (Å²) >= 11 is 3.69. The molecule has 18 heavy (non-hydrogen) atoms. The second-order valence-corrected chi connectivity index (χ2v) is 5.90. The van der Waals surface area contributed by atoms with E-state index in [1.165, 1.54) is 24.8 Å². The van der Waals surface area contributed by atoms with Gasteiger partial charge >= 0.3 is 0 Å². The van der Waals surface area contributed by atoms with Crippen LogP contribution in [0.2, 0.25) is 0 Å². The van der Waals surface area contributed by atoms with Crippen LogP contribution in [0.25, 0.3) is 0 Å². The molecule has 102 valence electrons. The minimum Gasteiger partial charge on any atom is -0.207 e. The van der Waals surface area contributed by atoms with Crippen molar-refractivity contribution in [2.45, 2.75) is 52.9 Å². The quantitative estimate of drug-likeness (QED) is 0.570. The number of unbranched alkanes of at least 4 members (excludes halogenated alkanes) is 1. The minimum absolute atomic E-state index is 0.134. The van der Waals surface area contributed by atoms with Crippen LogP contribution in [0.4, 0.5) is 4.39 Å². The second-order valence-electron chi connectivity index (χ2n) is 5.34. The van der Waals surface area contributed by atoms with Gasteiger partial charge < -0.3 is 0 Å². The van der Waals surface area contributed by atoms with Gasteiger partial charge in [-0.15, -0.1) is 0 Å². The molecule has 0 amide bonds. The summed E-state index contributed by atoms with van der Waals surface area (Å²) in [5.41, 5.74) is 2.68.